The van der Waals surface area contributed by atoms with Crippen LogP contribution in [0, 0.1) is 6.07 Å². The molecule has 0 aliphatic rings. The van der Waals surface area contributed by atoms with Crippen molar-refractivity contribution in [2.45, 2.75) is 11.9 Å². The van der Waals surface area contributed by atoms with Crippen LogP contribution in [-0.4, -0.2) is 6.18 Å². The van der Waals surface area contributed by atoms with Crippen molar-refractivity contribution < 1.29 is 17.9 Å². The van der Waals surface area contributed by atoms with Crippen LogP contribution in [0.25, 0.3) is 0 Å². The van der Waals surface area contributed by atoms with E-state index in [9.17, 15) is 13.2 Å². The SMILES string of the molecule is NC(Oc1cc[c]cc1)(c1ccccc1)C(F)(F)F. The second-order valence-electron chi connectivity index (χ2n) is 3.94. The van der Waals surface area contributed by atoms with Crippen molar-refractivity contribution in [1.82, 2.24) is 0 Å². The van der Waals surface area contributed by atoms with Gasteiger partial charge in [0.05, 0.1) is 0 Å². The summed E-state index contributed by atoms with van der Waals surface area (Å²) < 4.78 is 44.6. The normalized spacial score (nSPS) is 14.7. The Kier molecular flexibility index (Phi) is 3.48. The number of hydrogen-bond donors (Lipinski definition) is 1. The predicted molar refractivity (Wildman–Crippen MR) is 64.3 cm³/mol. The molecule has 0 amide bonds. The lowest BCUT2D eigenvalue weighted by Crippen LogP contribution is -2.55. The first-order valence-electron chi connectivity index (χ1n) is 5.50. The largest absolute Gasteiger partial charge is 0.459 e. The van der Waals surface area contributed by atoms with E-state index in [0.717, 1.165) is 0 Å². The average molecular weight is 266 g/mol. The predicted octanol–water partition coefficient (Wildman–Crippen LogP) is 3.24. The highest BCUT2D eigenvalue weighted by molar-refractivity contribution is 5.28. The second kappa shape index (κ2) is 4.93. The van der Waals surface area contributed by atoms with Gasteiger partial charge in [0.25, 0.3) is 5.72 Å². The van der Waals surface area contributed by atoms with E-state index in [4.69, 9.17) is 10.5 Å². The zero-order valence-electron chi connectivity index (χ0n) is 9.82. The van der Waals surface area contributed by atoms with E-state index in [-0.39, 0.29) is 11.3 Å². The fourth-order valence-corrected chi connectivity index (χ4v) is 1.59. The van der Waals surface area contributed by atoms with Crippen LogP contribution >= 0.6 is 0 Å². The van der Waals surface area contributed by atoms with Crippen LogP contribution in [-0.2, 0) is 5.72 Å². The van der Waals surface area contributed by atoms with Gasteiger partial charge < -0.3 is 4.74 Å². The van der Waals surface area contributed by atoms with Gasteiger partial charge in [-0.3, -0.25) is 5.73 Å². The van der Waals surface area contributed by atoms with Crippen molar-refractivity contribution in [3.05, 3.63) is 66.2 Å². The van der Waals surface area contributed by atoms with Crippen LogP contribution in [0.4, 0.5) is 13.2 Å². The molecule has 99 valence electrons. The first kappa shape index (κ1) is 13.4. The molecular weight excluding hydrogens is 255 g/mol. The van der Waals surface area contributed by atoms with Gasteiger partial charge >= 0.3 is 6.18 Å². The lowest BCUT2D eigenvalue weighted by Gasteiger charge is -2.32. The molecule has 0 saturated heterocycles. The zero-order chi connectivity index (χ0) is 13.9. The van der Waals surface area contributed by atoms with Gasteiger partial charge in [0.1, 0.15) is 5.75 Å². The van der Waals surface area contributed by atoms with E-state index in [1.807, 2.05) is 0 Å². The Morgan fingerprint density at radius 2 is 1.53 bits per heavy atom. The van der Waals surface area contributed by atoms with Crippen LogP contribution in [0.5, 0.6) is 5.75 Å². The molecular formula is C14H11F3NO. The monoisotopic (exact) mass is 266 g/mol. The summed E-state index contributed by atoms with van der Waals surface area (Å²) in [6, 6.07) is 15.5. The smallest absolute Gasteiger partial charge is 0.447 e. The van der Waals surface area contributed by atoms with Crippen LogP contribution < -0.4 is 10.5 Å². The number of alkyl halides is 3. The number of ether oxygens (including phenoxy) is 1. The highest BCUT2D eigenvalue weighted by Crippen LogP contribution is 2.38. The number of benzene rings is 2. The Bertz CT molecular complexity index is 527. The molecule has 1 unspecified atom stereocenters. The van der Waals surface area contributed by atoms with E-state index < -0.39 is 11.9 Å². The Morgan fingerprint density at radius 1 is 0.947 bits per heavy atom. The fourth-order valence-electron chi connectivity index (χ4n) is 1.59. The fraction of sp³-hybridized carbons (Fsp3) is 0.143. The number of rotatable bonds is 3. The van der Waals surface area contributed by atoms with Gasteiger partial charge in [-0.15, -0.1) is 0 Å². The summed E-state index contributed by atoms with van der Waals surface area (Å²) in [5, 5.41) is 0. The minimum absolute atomic E-state index is 0.0300. The Balaban J connectivity index is 2.42. The van der Waals surface area contributed by atoms with Crippen molar-refractivity contribution in [3.63, 3.8) is 0 Å². The topological polar surface area (TPSA) is 35.2 Å². The summed E-state index contributed by atoms with van der Waals surface area (Å²) >= 11 is 0. The van der Waals surface area contributed by atoms with Gasteiger partial charge in [-0.1, -0.05) is 42.5 Å². The van der Waals surface area contributed by atoms with E-state index >= 15 is 0 Å². The molecule has 0 spiro atoms. The Hall–Kier alpha value is -2.01. The number of nitrogens with two attached hydrogens (primary N) is 1. The van der Waals surface area contributed by atoms with Crippen molar-refractivity contribution in [2.75, 3.05) is 0 Å². The summed E-state index contributed by atoms with van der Waals surface area (Å²) in [7, 11) is 0. The van der Waals surface area contributed by atoms with Crippen molar-refractivity contribution in [2.24, 2.45) is 5.73 Å². The molecule has 2 nitrogen and oxygen atoms in total. The van der Waals surface area contributed by atoms with Gasteiger partial charge in [-0.25, -0.2) is 0 Å². The maximum Gasteiger partial charge on any atom is 0.447 e. The lowest BCUT2D eigenvalue weighted by atomic mass is 10.0. The molecule has 1 radical (unpaired) electrons. The van der Waals surface area contributed by atoms with Gasteiger partial charge in [0, 0.05) is 5.56 Å². The molecule has 0 aromatic heterocycles. The quantitative estimate of drug-likeness (QED) is 0.865. The third kappa shape index (κ3) is 2.71. The van der Waals surface area contributed by atoms with Crippen LogP contribution in [0.3, 0.4) is 0 Å². The summed E-state index contributed by atoms with van der Waals surface area (Å²) in [5.74, 6) is 0.0300. The van der Waals surface area contributed by atoms with Gasteiger partial charge in [-0.05, 0) is 18.2 Å². The van der Waals surface area contributed by atoms with Crippen LogP contribution in [0.2, 0.25) is 0 Å². The highest BCUT2D eigenvalue weighted by Gasteiger charge is 2.56. The summed E-state index contributed by atoms with van der Waals surface area (Å²) in [6.45, 7) is 0. The molecule has 5 heteroatoms. The third-order valence-corrected chi connectivity index (χ3v) is 2.59. The second-order valence-corrected chi connectivity index (χ2v) is 3.94. The van der Waals surface area contributed by atoms with E-state index in [0.29, 0.717) is 0 Å². The van der Waals surface area contributed by atoms with Crippen molar-refractivity contribution >= 4 is 0 Å². The molecule has 1 atom stereocenters. The van der Waals surface area contributed by atoms with Gasteiger partial charge in [0.15, 0.2) is 0 Å². The number of halogens is 3. The van der Waals surface area contributed by atoms with Crippen LogP contribution in [0.15, 0.2) is 54.6 Å². The minimum Gasteiger partial charge on any atom is -0.459 e. The standard InChI is InChI=1S/C14H11F3NO/c15-14(16,17)13(18,11-7-3-1-4-8-11)19-12-9-5-2-6-10-12/h1,3-10H,18H2. The number of hydrogen-bond acceptors (Lipinski definition) is 2. The molecule has 0 aliphatic carbocycles. The molecule has 2 aromatic rings. The average Bonchev–Trinajstić information content (AvgIpc) is 2.39. The zero-order valence-corrected chi connectivity index (χ0v) is 9.82. The van der Waals surface area contributed by atoms with Gasteiger partial charge in [-0.2, -0.15) is 13.2 Å². The minimum atomic E-state index is -4.74. The molecule has 0 bridgehead atoms. The summed E-state index contributed by atoms with van der Waals surface area (Å²) in [6.07, 6.45) is -4.74. The first-order valence-corrected chi connectivity index (χ1v) is 5.50. The van der Waals surface area contributed by atoms with E-state index in [2.05, 4.69) is 6.07 Å². The maximum absolute atomic E-state index is 13.2. The van der Waals surface area contributed by atoms with Gasteiger partial charge in [0.2, 0.25) is 0 Å². The maximum atomic E-state index is 13.2. The first-order chi connectivity index (χ1) is 8.93. The lowest BCUT2D eigenvalue weighted by molar-refractivity contribution is -0.253. The molecule has 0 fully saturated rings. The van der Waals surface area contributed by atoms with E-state index in [1.165, 1.54) is 48.5 Å². The molecule has 0 aliphatic heterocycles. The Labute approximate surface area is 108 Å². The molecule has 19 heavy (non-hydrogen) atoms. The van der Waals surface area contributed by atoms with Crippen molar-refractivity contribution in [1.29, 1.82) is 0 Å². The molecule has 2 aromatic carbocycles. The summed E-state index contributed by atoms with van der Waals surface area (Å²) in [4.78, 5) is 0. The van der Waals surface area contributed by atoms with E-state index in [1.54, 1.807) is 6.07 Å². The van der Waals surface area contributed by atoms with Crippen molar-refractivity contribution in [3.8, 4) is 5.75 Å². The molecule has 2 rings (SSSR count). The highest BCUT2D eigenvalue weighted by atomic mass is 19.4. The Morgan fingerprint density at radius 3 is 2.05 bits per heavy atom. The summed E-state index contributed by atoms with van der Waals surface area (Å²) in [5.41, 5.74) is 2.43. The molecule has 0 heterocycles. The van der Waals surface area contributed by atoms with Crippen LogP contribution in [0.1, 0.15) is 5.56 Å². The third-order valence-electron chi connectivity index (χ3n) is 2.59. The molecule has 2 N–H and O–H groups in total. The molecule has 0 saturated carbocycles.